The van der Waals surface area contributed by atoms with Gasteiger partial charge in [-0.2, -0.15) is 0 Å². The van der Waals surface area contributed by atoms with E-state index in [1.807, 2.05) is 47.4 Å². The number of anilines is 1. The minimum absolute atomic E-state index is 0.0579. The fourth-order valence-corrected chi connectivity index (χ4v) is 6.79. The van der Waals surface area contributed by atoms with E-state index in [4.69, 9.17) is 0 Å². The first-order chi connectivity index (χ1) is 19.6. The van der Waals surface area contributed by atoms with Gasteiger partial charge in [0.25, 0.3) is 5.91 Å². The average Bonchev–Trinajstić information content (AvgIpc) is 3.73. The number of fused-ring (bicyclic) bond motifs is 2. The summed E-state index contributed by atoms with van der Waals surface area (Å²) in [5.74, 6) is -0.0579. The first kappa shape index (κ1) is 24.8. The molecule has 1 amide bonds. The van der Waals surface area contributed by atoms with Crippen LogP contribution in [0.4, 0.5) is 5.69 Å². The number of carbonyl (C=O) groups is 1. The molecule has 5 nitrogen and oxygen atoms in total. The highest BCUT2D eigenvalue weighted by Gasteiger charge is 2.48. The van der Waals surface area contributed by atoms with E-state index in [-0.39, 0.29) is 5.91 Å². The van der Waals surface area contributed by atoms with Crippen molar-refractivity contribution in [1.82, 2.24) is 9.88 Å². The van der Waals surface area contributed by atoms with Gasteiger partial charge in [-0.3, -0.25) is 9.78 Å². The summed E-state index contributed by atoms with van der Waals surface area (Å²) in [6.07, 6.45) is 7.28. The Morgan fingerprint density at radius 1 is 0.750 bits per heavy atom. The predicted molar refractivity (Wildman–Crippen MR) is 161 cm³/mol. The van der Waals surface area contributed by atoms with E-state index in [0.717, 1.165) is 70.7 Å². The topological polar surface area (TPSA) is 56.7 Å². The molecular weight excluding hydrogens is 494 g/mol. The molecule has 0 radical (unpaired) electrons. The Labute approximate surface area is 234 Å². The lowest BCUT2D eigenvalue weighted by Gasteiger charge is -2.40. The molecule has 2 fully saturated rings. The van der Waals surface area contributed by atoms with Gasteiger partial charge in [-0.25, -0.2) is 0 Å². The van der Waals surface area contributed by atoms with Gasteiger partial charge in [0.15, 0.2) is 0 Å². The Morgan fingerprint density at radius 3 is 1.98 bits per heavy atom. The Morgan fingerprint density at radius 2 is 1.35 bits per heavy atom. The van der Waals surface area contributed by atoms with Crippen LogP contribution in [0.15, 0.2) is 103 Å². The summed E-state index contributed by atoms with van der Waals surface area (Å²) in [4.78, 5) is 22.9. The lowest BCUT2D eigenvalue weighted by molar-refractivity contribution is -0.000540. The van der Waals surface area contributed by atoms with Gasteiger partial charge in [-0.15, -0.1) is 0 Å². The van der Waals surface area contributed by atoms with Crippen LogP contribution in [-0.4, -0.2) is 46.6 Å². The van der Waals surface area contributed by atoms with Crippen LogP contribution in [0.3, 0.4) is 0 Å². The van der Waals surface area contributed by atoms with Crippen molar-refractivity contribution >= 4 is 33.1 Å². The number of aromatic nitrogens is 1. The van der Waals surface area contributed by atoms with Crippen molar-refractivity contribution in [2.75, 3.05) is 24.5 Å². The maximum absolute atomic E-state index is 14.3. The average molecular weight is 528 g/mol. The Balaban J connectivity index is 1.37. The van der Waals surface area contributed by atoms with E-state index in [1.165, 1.54) is 0 Å². The lowest BCUT2D eigenvalue weighted by Crippen LogP contribution is -2.50. The molecule has 0 spiro atoms. The summed E-state index contributed by atoms with van der Waals surface area (Å²) in [5.41, 5.74) is 1.78. The molecule has 4 aromatic carbocycles. The van der Waals surface area contributed by atoms with Gasteiger partial charge in [-0.1, -0.05) is 72.8 Å². The van der Waals surface area contributed by atoms with E-state index < -0.39 is 11.6 Å². The lowest BCUT2D eigenvalue weighted by atomic mass is 9.77. The van der Waals surface area contributed by atoms with Crippen molar-refractivity contribution < 1.29 is 9.90 Å². The maximum Gasteiger partial charge on any atom is 0.257 e. The molecule has 3 heterocycles. The van der Waals surface area contributed by atoms with Crippen molar-refractivity contribution in [3.05, 3.63) is 120 Å². The van der Waals surface area contributed by atoms with Crippen molar-refractivity contribution in [2.24, 2.45) is 0 Å². The molecule has 5 heteroatoms. The number of benzene rings is 4. The molecule has 1 aromatic heterocycles. The van der Waals surface area contributed by atoms with Gasteiger partial charge >= 0.3 is 0 Å². The molecule has 0 aliphatic carbocycles. The summed E-state index contributed by atoms with van der Waals surface area (Å²) in [5, 5.41) is 17.4. The molecule has 1 N–H and O–H groups in total. The van der Waals surface area contributed by atoms with Crippen LogP contribution < -0.4 is 4.90 Å². The summed E-state index contributed by atoms with van der Waals surface area (Å²) >= 11 is 0. The second-order valence-corrected chi connectivity index (χ2v) is 11.1. The van der Waals surface area contributed by atoms with E-state index in [2.05, 4.69) is 58.4 Å². The van der Waals surface area contributed by atoms with Crippen LogP contribution in [0.1, 0.15) is 47.2 Å². The van der Waals surface area contributed by atoms with Crippen LogP contribution in [0, 0.1) is 0 Å². The number of carbonyl (C=O) groups excluding carboxylic acids is 1. The quantitative estimate of drug-likeness (QED) is 0.282. The highest BCUT2D eigenvalue weighted by molar-refractivity contribution is 6.00. The number of hydrogen-bond acceptors (Lipinski definition) is 4. The Kier molecular flexibility index (Phi) is 6.24. The van der Waals surface area contributed by atoms with E-state index in [9.17, 15) is 9.90 Å². The van der Waals surface area contributed by atoms with Crippen molar-refractivity contribution in [3.8, 4) is 0 Å². The van der Waals surface area contributed by atoms with Gasteiger partial charge in [0.05, 0.1) is 17.3 Å². The van der Waals surface area contributed by atoms with Crippen LogP contribution in [0.25, 0.3) is 21.5 Å². The van der Waals surface area contributed by atoms with Gasteiger partial charge in [0.2, 0.25) is 0 Å². The van der Waals surface area contributed by atoms with Crippen molar-refractivity contribution in [2.45, 2.75) is 37.3 Å². The third-order valence-electron chi connectivity index (χ3n) is 8.85. The number of amides is 1. The first-order valence-electron chi connectivity index (χ1n) is 14.3. The molecule has 0 unspecified atom stereocenters. The number of pyridine rings is 1. The zero-order chi connectivity index (χ0) is 27.1. The van der Waals surface area contributed by atoms with Crippen LogP contribution in [0.2, 0.25) is 0 Å². The molecule has 200 valence electrons. The van der Waals surface area contributed by atoms with E-state index in [0.29, 0.717) is 18.5 Å². The fraction of sp³-hybridized carbons (Fsp3) is 0.257. The van der Waals surface area contributed by atoms with Crippen LogP contribution >= 0.6 is 0 Å². The predicted octanol–water partition coefficient (Wildman–Crippen LogP) is 6.53. The Bertz CT molecular complexity index is 1630. The highest BCUT2D eigenvalue weighted by atomic mass is 16.3. The standard InChI is InChI=1S/C35H33N3O2/c39-34(31-24-36-18-17-32(31)37-19-5-6-20-37)38-21-7-12-33(38)35(40,29-15-13-25-8-1-3-10-27(25)22-29)30-16-14-26-9-2-4-11-28(26)23-30/h1-4,8-11,13-18,22-24,33,40H,5-7,12,19-21H2/t33-/m0/s1. The molecule has 40 heavy (non-hydrogen) atoms. The van der Waals surface area contributed by atoms with Gasteiger partial charge in [0.1, 0.15) is 5.60 Å². The number of rotatable bonds is 5. The summed E-state index contributed by atoms with van der Waals surface area (Å²) in [6, 6.07) is 30.3. The van der Waals surface area contributed by atoms with Gasteiger partial charge in [0, 0.05) is 32.0 Å². The smallest absolute Gasteiger partial charge is 0.257 e. The summed E-state index contributed by atoms with van der Waals surface area (Å²) in [7, 11) is 0. The number of nitrogens with zero attached hydrogens (tertiary/aromatic N) is 3. The molecule has 2 aliphatic heterocycles. The van der Waals surface area contributed by atoms with Crippen molar-refractivity contribution in [3.63, 3.8) is 0 Å². The van der Waals surface area contributed by atoms with Crippen LogP contribution in [0.5, 0.6) is 0 Å². The Hall–Kier alpha value is -4.22. The minimum atomic E-state index is -1.39. The summed E-state index contributed by atoms with van der Waals surface area (Å²) < 4.78 is 0. The molecule has 7 rings (SSSR count). The van der Waals surface area contributed by atoms with E-state index >= 15 is 0 Å². The van der Waals surface area contributed by atoms with Gasteiger partial charge in [-0.05, 0) is 76.6 Å². The fourth-order valence-electron chi connectivity index (χ4n) is 6.79. The second-order valence-electron chi connectivity index (χ2n) is 11.1. The molecule has 0 saturated carbocycles. The SMILES string of the molecule is O=C(c1cnccc1N1CCCC1)N1CCC[C@H]1C(O)(c1ccc2ccccc2c1)c1ccc2ccccc2c1. The number of aliphatic hydroxyl groups is 1. The molecule has 0 bridgehead atoms. The maximum atomic E-state index is 14.3. The van der Waals surface area contributed by atoms with Crippen LogP contribution in [-0.2, 0) is 5.60 Å². The normalized spacial score (nSPS) is 17.7. The highest BCUT2D eigenvalue weighted by Crippen LogP contribution is 2.43. The third-order valence-corrected chi connectivity index (χ3v) is 8.85. The monoisotopic (exact) mass is 527 g/mol. The molecule has 2 aliphatic rings. The molecule has 5 aromatic rings. The third kappa shape index (κ3) is 4.13. The number of likely N-dealkylation sites (tertiary alicyclic amines) is 1. The van der Waals surface area contributed by atoms with Gasteiger partial charge < -0.3 is 14.9 Å². The van der Waals surface area contributed by atoms with E-state index in [1.54, 1.807) is 12.4 Å². The largest absolute Gasteiger partial charge is 0.378 e. The minimum Gasteiger partial charge on any atom is -0.378 e. The number of hydrogen-bond donors (Lipinski definition) is 1. The first-order valence-corrected chi connectivity index (χ1v) is 14.3. The molecule has 2 saturated heterocycles. The molecular formula is C35H33N3O2. The zero-order valence-corrected chi connectivity index (χ0v) is 22.5. The molecule has 1 atom stereocenters. The van der Waals surface area contributed by atoms with Crippen molar-refractivity contribution in [1.29, 1.82) is 0 Å². The summed E-state index contributed by atoms with van der Waals surface area (Å²) in [6.45, 7) is 2.50. The zero-order valence-electron chi connectivity index (χ0n) is 22.5. The second kappa shape index (κ2) is 10.1.